The van der Waals surface area contributed by atoms with E-state index < -0.39 is 22.0 Å². The van der Waals surface area contributed by atoms with Gasteiger partial charge in [-0.05, 0) is 45.3 Å². The number of benzene rings is 2. The fourth-order valence-corrected chi connectivity index (χ4v) is 4.90. The van der Waals surface area contributed by atoms with Gasteiger partial charge in [0.1, 0.15) is 0 Å². The van der Waals surface area contributed by atoms with Crippen molar-refractivity contribution in [1.29, 1.82) is 0 Å². The Kier molecular flexibility index (Phi) is 4.50. The molecule has 5 nitrogen and oxygen atoms in total. The van der Waals surface area contributed by atoms with Crippen molar-refractivity contribution in [3.05, 3.63) is 63.6 Å². The molecule has 2 N–H and O–H groups in total. The van der Waals surface area contributed by atoms with Crippen LogP contribution in [0, 0.1) is 0 Å². The second-order valence-electron chi connectivity index (χ2n) is 5.84. The maximum Gasteiger partial charge on any atom is 0.251 e. The molecule has 0 aliphatic heterocycles. The Morgan fingerprint density at radius 3 is 2.62 bits per heavy atom. The van der Waals surface area contributed by atoms with Crippen molar-refractivity contribution in [3.63, 3.8) is 0 Å². The number of aliphatic hydroxyl groups is 1. The van der Waals surface area contributed by atoms with Crippen molar-refractivity contribution < 1.29 is 18.3 Å². The predicted molar refractivity (Wildman–Crippen MR) is 93.6 cm³/mol. The van der Waals surface area contributed by atoms with Crippen LogP contribution in [0.5, 0.6) is 0 Å². The summed E-state index contributed by atoms with van der Waals surface area (Å²) in [6.07, 6.45) is 0.932. The molecule has 0 unspecified atom stereocenters. The van der Waals surface area contributed by atoms with Gasteiger partial charge in [0.15, 0.2) is 9.84 Å². The first-order chi connectivity index (χ1) is 11.3. The van der Waals surface area contributed by atoms with Gasteiger partial charge in [0, 0.05) is 22.7 Å². The Balaban J connectivity index is 1.85. The van der Waals surface area contributed by atoms with Crippen LogP contribution in [-0.4, -0.2) is 31.8 Å². The zero-order valence-electron chi connectivity index (χ0n) is 12.9. The highest BCUT2D eigenvalue weighted by atomic mass is 79.9. The molecule has 0 spiro atoms. The van der Waals surface area contributed by atoms with Crippen LogP contribution in [0.3, 0.4) is 0 Å². The Labute approximate surface area is 148 Å². The standard InChI is InChI=1S/C17H16BrNO4S/c1-24(22,23)15-7-6-11(8-13(15)18)17(21)19-16-12-5-3-2-4-10(12)9-14(16)20/h2-8,14,16,20H,9H2,1H3,(H,19,21)/t14-,16-/m0/s1. The van der Waals surface area contributed by atoms with Crippen LogP contribution in [0.15, 0.2) is 51.8 Å². The van der Waals surface area contributed by atoms with E-state index in [4.69, 9.17) is 0 Å². The van der Waals surface area contributed by atoms with Crippen LogP contribution in [0.25, 0.3) is 0 Å². The molecule has 0 aromatic heterocycles. The molecule has 2 aromatic carbocycles. The Morgan fingerprint density at radius 2 is 1.96 bits per heavy atom. The minimum absolute atomic E-state index is 0.130. The first-order valence-corrected chi connectivity index (χ1v) is 10.0. The third kappa shape index (κ3) is 3.24. The van der Waals surface area contributed by atoms with Crippen LogP contribution < -0.4 is 5.32 Å². The molecule has 1 aliphatic rings. The van der Waals surface area contributed by atoms with Gasteiger partial charge in [-0.25, -0.2) is 8.42 Å². The Bertz CT molecular complexity index is 911. The molecule has 0 saturated heterocycles. The van der Waals surface area contributed by atoms with Crippen LogP contribution >= 0.6 is 15.9 Å². The minimum atomic E-state index is -3.37. The van der Waals surface area contributed by atoms with E-state index >= 15 is 0 Å². The summed E-state index contributed by atoms with van der Waals surface area (Å²) in [7, 11) is -3.37. The lowest BCUT2D eigenvalue weighted by molar-refractivity contribution is 0.0858. The largest absolute Gasteiger partial charge is 0.390 e. The van der Waals surface area contributed by atoms with Crippen LogP contribution in [0.2, 0.25) is 0 Å². The highest BCUT2D eigenvalue weighted by Gasteiger charge is 2.32. The molecule has 3 rings (SSSR count). The average molecular weight is 410 g/mol. The zero-order chi connectivity index (χ0) is 17.5. The van der Waals surface area contributed by atoms with E-state index in [1.807, 2.05) is 24.3 Å². The van der Waals surface area contributed by atoms with Gasteiger partial charge in [-0.1, -0.05) is 24.3 Å². The minimum Gasteiger partial charge on any atom is -0.390 e. The van der Waals surface area contributed by atoms with E-state index in [1.54, 1.807) is 0 Å². The van der Waals surface area contributed by atoms with Crippen molar-refractivity contribution in [2.24, 2.45) is 0 Å². The van der Waals surface area contributed by atoms with Gasteiger partial charge in [0.05, 0.1) is 17.0 Å². The monoisotopic (exact) mass is 409 g/mol. The second-order valence-corrected chi connectivity index (χ2v) is 8.68. The predicted octanol–water partition coefficient (Wildman–Crippen LogP) is 2.24. The lowest BCUT2D eigenvalue weighted by atomic mass is 10.1. The summed E-state index contributed by atoms with van der Waals surface area (Å²) in [6.45, 7) is 0. The van der Waals surface area contributed by atoms with Crippen molar-refractivity contribution in [2.75, 3.05) is 6.26 Å². The smallest absolute Gasteiger partial charge is 0.251 e. The van der Waals surface area contributed by atoms with Gasteiger partial charge in [0.2, 0.25) is 0 Å². The normalized spacial score (nSPS) is 19.8. The number of carbonyl (C=O) groups is 1. The lowest BCUT2D eigenvalue weighted by Gasteiger charge is -2.18. The number of hydrogen-bond donors (Lipinski definition) is 2. The van der Waals surface area contributed by atoms with E-state index in [1.165, 1.54) is 18.2 Å². The van der Waals surface area contributed by atoms with Crippen LogP contribution in [0.1, 0.15) is 27.5 Å². The zero-order valence-corrected chi connectivity index (χ0v) is 15.3. The number of hydrogen-bond acceptors (Lipinski definition) is 4. The quantitative estimate of drug-likeness (QED) is 0.813. The number of carbonyl (C=O) groups excluding carboxylic acids is 1. The number of aliphatic hydroxyl groups excluding tert-OH is 1. The summed E-state index contributed by atoms with van der Waals surface area (Å²) in [6, 6.07) is 11.4. The maximum absolute atomic E-state index is 12.5. The Hall–Kier alpha value is -1.70. The number of nitrogens with one attached hydrogen (secondary N) is 1. The van der Waals surface area contributed by atoms with E-state index in [-0.39, 0.29) is 10.8 Å². The summed E-state index contributed by atoms with van der Waals surface area (Å²) in [5, 5.41) is 13.0. The molecule has 7 heteroatoms. The first kappa shape index (κ1) is 17.1. The van der Waals surface area contributed by atoms with Gasteiger partial charge in [-0.3, -0.25) is 4.79 Å². The van der Waals surface area contributed by atoms with Crippen molar-refractivity contribution >= 4 is 31.7 Å². The first-order valence-electron chi connectivity index (χ1n) is 7.33. The fourth-order valence-electron chi connectivity index (χ4n) is 2.92. The molecule has 126 valence electrons. The van der Waals surface area contributed by atoms with E-state index in [9.17, 15) is 18.3 Å². The molecule has 2 aromatic rings. The van der Waals surface area contributed by atoms with E-state index in [2.05, 4.69) is 21.2 Å². The molecular formula is C17H16BrNO4S. The molecule has 0 bridgehead atoms. The third-order valence-corrected chi connectivity index (χ3v) is 6.16. The number of sulfone groups is 1. The molecule has 0 saturated carbocycles. The van der Waals surface area contributed by atoms with Crippen LogP contribution in [-0.2, 0) is 16.3 Å². The van der Waals surface area contributed by atoms with Gasteiger partial charge in [-0.2, -0.15) is 0 Å². The van der Waals surface area contributed by atoms with Gasteiger partial charge in [-0.15, -0.1) is 0 Å². The van der Waals surface area contributed by atoms with E-state index in [0.717, 1.165) is 17.4 Å². The summed E-state index contributed by atoms with van der Waals surface area (Å²) in [5.74, 6) is -0.364. The molecule has 2 atom stereocenters. The van der Waals surface area contributed by atoms with Crippen LogP contribution in [0.4, 0.5) is 0 Å². The van der Waals surface area contributed by atoms with Gasteiger partial charge >= 0.3 is 0 Å². The number of halogens is 1. The Morgan fingerprint density at radius 1 is 1.25 bits per heavy atom. The summed E-state index contributed by atoms with van der Waals surface area (Å²) >= 11 is 3.19. The van der Waals surface area contributed by atoms with Crippen molar-refractivity contribution in [3.8, 4) is 0 Å². The lowest BCUT2D eigenvalue weighted by Crippen LogP contribution is -2.33. The topological polar surface area (TPSA) is 83.5 Å². The highest BCUT2D eigenvalue weighted by molar-refractivity contribution is 9.10. The molecular weight excluding hydrogens is 394 g/mol. The number of amides is 1. The molecule has 1 aliphatic carbocycles. The average Bonchev–Trinajstić information content (AvgIpc) is 2.82. The second kappa shape index (κ2) is 6.31. The molecule has 0 radical (unpaired) electrons. The van der Waals surface area contributed by atoms with Crippen molar-refractivity contribution in [1.82, 2.24) is 5.32 Å². The highest BCUT2D eigenvalue weighted by Crippen LogP contribution is 2.31. The summed E-state index contributed by atoms with van der Waals surface area (Å²) in [5.41, 5.74) is 2.25. The maximum atomic E-state index is 12.5. The third-order valence-electron chi connectivity index (χ3n) is 4.08. The molecule has 1 amide bonds. The van der Waals surface area contributed by atoms with Gasteiger partial charge in [0.25, 0.3) is 5.91 Å². The summed E-state index contributed by atoms with van der Waals surface area (Å²) < 4.78 is 23.6. The van der Waals surface area contributed by atoms with E-state index in [0.29, 0.717) is 16.5 Å². The van der Waals surface area contributed by atoms with Crippen molar-refractivity contribution in [2.45, 2.75) is 23.5 Å². The fraction of sp³-hybridized carbons (Fsp3) is 0.235. The molecule has 0 fully saturated rings. The number of rotatable bonds is 3. The van der Waals surface area contributed by atoms with Gasteiger partial charge < -0.3 is 10.4 Å². The summed E-state index contributed by atoms with van der Waals surface area (Å²) in [4.78, 5) is 12.6. The number of fused-ring (bicyclic) bond motifs is 1. The molecule has 0 heterocycles. The molecule has 24 heavy (non-hydrogen) atoms. The SMILES string of the molecule is CS(=O)(=O)c1ccc(C(=O)N[C@H]2c3ccccc3C[C@@H]2O)cc1Br.